The molecule has 1 atom stereocenters. The molecule has 1 aromatic carbocycles. The molecular formula is C15H16F2N2S. The van der Waals surface area contributed by atoms with Gasteiger partial charge in [0.1, 0.15) is 5.01 Å². The zero-order valence-corrected chi connectivity index (χ0v) is 12.0. The van der Waals surface area contributed by atoms with Crippen LogP contribution < -0.4 is 5.32 Å². The van der Waals surface area contributed by atoms with Crippen molar-refractivity contribution in [2.24, 2.45) is 0 Å². The summed E-state index contributed by atoms with van der Waals surface area (Å²) in [6, 6.07) is 6.82. The van der Waals surface area contributed by atoms with E-state index in [9.17, 15) is 8.78 Å². The number of hydrogen-bond acceptors (Lipinski definition) is 3. The number of fused-ring (bicyclic) bond motifs is 1. The van der Waals surface area contributed by atoms with Crippen molar-refractivity contribution in [2.75, 3.05) is 7.05 Å². The van der Waals surface area contributed by atoms with Gasteiger partial charge >= 0.3 is 0 Å². The van der Waals surface area contributed by atoms with E-state index in [1.807, 2.05) is 13.1 Å². The number of nitrogens with zero attached hydrogens (tertiary/aromatic N) is 1. The number of hydrogen-bond donors (Lipinski definition) is 1. The number of benzene rings is 1. The fraction of sp³-hybridized carbons (Fsp3) is 0.400. The molecule has 1 aliphatic rings. The van der Waals surface area contributed by atoms with E-state index < -0.39 is 6.43 Å². The molecule has 3 rings (SSSR count). The smallest absolute Gasteiger partial charge is 0.263 e. The van der Waals surface area contributed by atoms with Crippen molar-refractivity contribution in [2.45, 2.75) is 31.7 Å². The molecule has 0 spiro atoms. The summed E-state index contributed by atoms with van der Waals surface area (Å²) in [4.78, 5) is 5.97. The number of thiazole rings is 1. The van der Waals surface area contributed by atoms with Crippen molar-refractivity contribution in [1.29, 1.82) is 0 Å². The SMILES string of the molecule is CNC1CCCc2sc(-c3cccc(C(F)F)c3)nc21. The lowest BCUT2D eigenvalue weighted by atomic mass is 9.98. The van der Waals surface area contributed by atoms with Crippen LogP contribution in [0.2, 0.25) is 0 Å². The van der Waals surface area contributed by atoms with Gasteiger partial charge in [0.15, 0.2) is 0 Å². The Morgan fingerprint density at radius 1 is 1.40 bits per heavy atom. The highest BCUT2D eigenvalue weighted by Crippen LogP contribution is 2.37. The second-order valence-electron chi connectivity index (χ2n) is 4.99. The van der Waals surface area contributed by atoms with Gasteiger partial charge in [-0.1, -0.05) is 18.2 Å². The van der Waals surface area contributed by atoms with E-state index in [0.717, 1.165) is 35.5 Å². The summed E-state index contributed by atoms with van der Waals surface area (Å²) in [6.07, 6.45) is 0.843. The van der Waals surface area contributed by atoms with Gasteiger partial charge in [-0.2, -0.15) is 0 Å². The van der Waals surface area contributed by atoms with Crippen LogP contribution in [0.4, 0.5) is 8.78 Å². The van der Waals surface area contributed by atoms with Crippen LogP contribution in [0.1, 0.15) is 41.4 Å². The first-order valence-corrected chi connectivity index (χ1v) is 7.56. The third-order valence-corrected chi connectivity index (χ3v) is 4.87. The molecule has 0 saturated carbocycles. The molecule has 0 fully saturated rings. The normalized spacial score (nSPS) is 18.3. The minimum atomic E-state index is -2.44. The third-order valence-electron chi connectivity index (χ3n) is 3.69. The zero-order chi connectivity index (χ0) is 14.1. The first kappa shape index (κ1) is 13.6. The first-order chi connectivity index (χ1) is 9.69. The average molecular weight is 294 g/mol. The second kappa shape index (κ2) is 5.58. The predicted octanol–water partition coefficient (Wildman–Crippen LogP) is 4.34. The molecule has 1 N–H and O–H groups in total. The van der Waals surface area contributed by atoms with Gasteiger partial charge in [-0.3, -0.25) is 0 Å². The summed E-state index contributed by atoms with van der Waals surface area (Å²) >= 11 is 1.63. The largest absolute Gasteiger partial charge is 0.312 e. The van der Waals surface area contributed by atoms with Gasteiger partial charge in [0.05, 0.1) is 11.7 Å². The predicted molar refractivity (Wildman–Crippen MR) is 77.2 cm³/mol. The summed E-state index contributed by atoms with van der Waals surface area (Å²) < 4.78 is 25.6. The lowest BCUT2D eigenvalue weighted by Crippen LogP contribution is -2.21. The molecule has 106 valence electrons. The summed E-state index contributed by atoms with van der Waals surface area (Å²) in [6.45, 7) is 0. The molecule has 1 unspecified atom stereocenters. The van der Waals surface area contributed by atoms with Crippen LogP contribution in [0.25, 0.3) is 10.6 Å². The third kappa shape index (κ3) is 2.47. The van der Waals surface area contributed by atoms with Gasteiger partial charge in [-0.25, -0.2) is 13.8 Å². The number of alkyl halides is 2. The van der Waals surface area contributed by atoms with Crippen molar-refractivity contribution in [3.05, 3.63) is 40.4 Å². The minimum absolute atomic E-state index is 0.0563. The quantitative estimate of drug-likeness (QED) is 0.910. The Morgan fingerprint density at radius 3 is 3.00 bits per heavy atom. The molecule has 2 nitrogen and oxygen atoms in total. The van der Waals surface area contributed by atoms with E-state index >= 15 is 0 Å². The lowest BCUT2D eigenvalue weighted by molar-refractivity contribution is 0.151. The molecule has 0 aliphatic heterocycles. The second-order valence-corrected chi connectivity index (χ2v) is 6.07. The summed E-state index contributed by atoms with van der Waals surface area (Å²) in [7, 11) is 1.94. The van der Waals surface area contributed by atoms with Crippen LogP contribution in [-0.4, -0.2) is 12.0 Å². The molecule has 2 aromatic rings. The molecule has 0 saturated heterocycles. The maximum absolute atomic E-state index is 12.8. The van der Waals surface area contributed by atoms with Crippen LogP contribution in [0.3, 0.4) is 0 Å². The van der Waals surface area contributed by atoms with Crippen LogP contribution in [0.15, 0.2) is 24.3 Å². The zero-order valence-electron chi connectivity index (χ0n) is 11.2. The van der Waals surface area contributed by atoms with E-state index in [4.69, 9.17) is 0 Å². The van der Waals surface area contributed by atoms with Crippen LogP contribution in [0.5, 0.6) is 0 Å². The van der Waals surface area contributed by atoms with Gasteiger partial charge in [-0.15, -0.1) is 11.3 Å². The van der Waals surface area contributed by atoms with Crippen molar-refractivity contribution >= 4 is 11.3 Å². The Labute approximate surface area is 120 Å². The minimum Gasteiger partial charge on any atom is -0.312 e. The van der Waals surface area contributed by atoms with E-state index in [1.54, 1.807) is 23.5 Å². The van der Waals surface area contributed by atoms with Gasteiger partial charge < -0.3 is 5.32 Å². The number of aryl methyl sites for hydroxylation is 1. The van der Waals surface area contributed by atoms with Gasteiger partial charge in [-0.05, 0) is 32.4 Å². The molecule has 1 aliphatic carbocycles. The van der Waals surface area contributed by atoms with Crippen LogP contribution in [0, 0.1) is 0 Å². The fourth-order valence-corrected chi connectivity index (χ4v) is 3.79. The highest BCUT2D eigenvalue weighted by atomic mass is 32.1. The van der Waals surface area contributed by atoms with Crippen molar-refractivity contribution in [3.63, 3.8) is 0 Å². The average Bonchev–Trinajstić information content (AvgIpc) is 2.91. The van der Waals surface area contributed by atoms with Crippen molar-refractivity contribution in [1.82, 2.24) is 10.3 Å². The molecular weight excluding hydrogens is 278 g/mol. The molecule has 0 amide bonds. The Hall–Kier alpha value is -1.33. The maximum Gasteiger partial charge on any atom is 0.263 e. The summed E-state index contributed by atoms with van der Waals surface area (Å²) in [5.74, 6) is 0. The maximum atomic E-state index is 12.8. The number of nitrogens with one attached hydrogen (secondary N) is 1. The van der Waals surface area contributed by atoms with Crippen molar-refractivity contribution in [3.8, 4) is 10.6 Å². The topological polar surface area (TPSA) is 24.9 Å². The van der Waals surface area contributed by atoms with E-state index in [0.29, 0.717) is 6.04 Å². The Bertz CT molecular complexity index is 610. The molecule has 0 radical (unpaired) electrons. The molecule has 20 heavy (non-hydrogen) atoms. The van der Waals surface area contributed by atoms with E-state index in [2.05, 4.69) is 10.3 Å². The summed E-state index contributed by atoms with van der Waals surface area (Å²) in [5.41, 5.74) is 1.94. The highest BCUT2D eigenvalue weighted by molar-refractivity contribution is 7.15. The highest BCUT2D eigenvalue weighted by Gasteiger charge is 2.24. The molecule has 5 heteroatoms. The van der Waals surface area contributed by atoms with Gasteiger partial charge in [0.25, 0.3) is 6.43 Å². The number of rotatable bonds is 3. The monoisotopic (exact) mass is 294 g/mol. The van der Waals surface area contributed by atoms with Crippen molar-refractivity contribution < 1.29 is 8.78 Å². The molecule has 1 aromatic heterocycles. The van der Waals surface area contributed by atoms with Gasteiger partial charge in [0, 0.05) is 16.0 Å². The number of aromatic nitrogens is 1. The van der Waals surface area contributed by atoms with E-state index in [1.165, 1.54) is 10.9 Å². The standard InChI is InChI=1S/C15H16F2N2S/c1-18-11-6-3-7-12-13(11)19-15(20-12)10-5-2-4-9(8-10)14(16)17/h2,4-5,8,11,14,18H,3,6-7H2,1H3. The molecule has 0 bridgehead atoms. The van der Waals surface area contributed by atoms with Gasteiger partial charge in [0.2, 0.25) is 0 Å². The number of halogens is 2. The summed E-state index contributed by atoms with van der Waals surface area (Å²) in [5, 5.41) is 4.13. The lowest BCUT2D eigenvalue weighted by Gasteiger charge is -2.19. The molecule has 1 heterocycles. The Balaban J connectivity index is 1.99. The van der Waals surface area contributed by atoms with Crippen LogP contribution in [-0.2, 0) is 6.42 Å². The van der Waals surface area contributed by atoms with E-state index in [-0.39, 0.29) is 5.56 Å². The first-order valence-electron chi connectivity index (χ1n) is 6.74. The fourth-order valence-electron chi connectivity index (χ4n) is 2.63. The van der Waals surface area contributed by atoms with Crippen LogP contribution >= 0.6 is 11.3 Å². The Kier molecular flexibility index (Phi) is 3.81. The Morgan fingerprint density at radius 2 is 2.25 bits per heavy atom.